The normalized spacial score (nSPS) is 14.3. The molecule has 0 bridgehead atoms. The number of aliphatic carboxylic acids is 1. The van der Waals surface area contributed by atoms with Gasteiger partial charge in [0.15, 0.2) is 0 Å². The number of carbonyl (C=O) groups is 1. The molecule has 0 amide bonds. The topological polar surface area (TPSA) is 55.8 Å². The fourth-order valence-electron chi connectivity index (χ4n) is 3.65. The van der Waals surface area contributed by atoms with Gasteiger partial charge >= 0.3 is 5.97 Å². The third kappa shape index (κ3) is 4.57. The molecule has 2 aromatic carbocycles. The molecule has 0 radical (unpaired) electrons. The molecule has 4 nitrogen and oxygen atoms in total. The number of hydrogen-bond donors (Lipinski definition) is 1. The summed E-state index contributed by atoms with van der Waals surface area (Å²) in [7, 11) is 1.65. The molecule has 0 heterocycles. The van der Waals surface area contributed by atoms with Gasteiger partial charge in [-0.1, -0.05) is 43.2 Å². The van der Waals surface area contributed by atoms with E-state index in [0.29, 0.717) is 18.9 Å². The number of methoxy groups -OCH3 is 1. The zero-order chi connectivity index (χ0) is 18.4. The van der Waals surface area contributed by atoms with Crippen LogP contribution in [0, 0.1) is 0 Å². The molecule has 4 heteroatoms. The van der Waals surface area contributed by atoms with Gasteiger partial charge in [0.1, 0.15) is 18.1 Å². The van der Waals surface area contributed by atoms with Crippen molar-refractivity contribution in [1.29, 1.82) is 0 Å². The molecule has 2 aromatic rings. The standard InChI is InChI=1S/C22H26O4/c1-25-19-12-9-16(10-13-19)15-26-22-18(11-14-21(23)24)7-4-8-20(22)17-5-2-3-6-17/h4,7-10,12-13,17H,2-3,5-6,11,14-15H2,1H3,(H,23,24). The smallest absolute Gasteiger partial charge is 0.303 e. The first kappa shape index (κ1) is 18.3. The Labute approximate surface area is 154 Å². The molecule has 0 aliphatic heterocycles. The molecular weight excluding hydrogens is 328 g/mol. The van der Waals surface area contributed by atoms with Crippen LogP contribution in [0.2, 0.25) is 0 Å². The van der Waals surface area contributed by atoms with E-state index in [9.17, 15) is 4.79 Å². The van der Waals surface area contributed by atoms with Crippen LogP contribution >= 0.6 is 0 Å². The van der Waals surface area contributed by atoms with E-state index in [1.807, 2.05) is 36.4 Å². The maximum atomic E-state index is 11.0. The molecule has 0 saturated heterocycles. The second-order valence-corrected chi connectivity index (χ2v) is 6.85. The van der Waals surface area contributed by atoms with Crippen molar-refractivity contribution < 1.29 is 19.4 Å². The summed E-state index contributed by atoms with van der Waals surface area (Å²) in [5, 5.41) is 9.05. The number of para-hydroxylation sites is 1. The average molecular weight is 354 g/mol. The molecular formula is C22H26O4. The first-order valence-electron chi connectivity index (χ1n) is 9.26. The van der Waals surface area contributed by atoms with Crippen LogP contribution < -0.4 is 9.47 Å². The van der Waals surface area contributed by atoms with Crippen molar-refractivity contribution in [3.8, 4) is 11.5 Å². The van der Waals surface area contributed by atoms with E-state index in [0.717, 1.165) is 22.6 Å². The summed E-state index contributed by atoms with van der Waals surface area (Å²) in [6, 6.07) is 14.0. The van der Waals surface area contributed by atoms with Crippen LogP contribution in [0.3, 0.4) is 0 Å². The fourth-order valence-corrected chi connectivity index (χ4v) is 3.65. The molecule has 26 heavy (non-hydrogen) atoms. The van der Waals surface area contributed by atoms with Gasteiger partial charge in [-0.25, -0.2) is 0 Å². The van der Waals surface area contributed by atoms with Crippen LogP contribution in [0.4, 0.5) is 0 Å². The maximum absolute atomic E-state index is 11.0. The minimum Gasteiger partial charge on any atom is -0.497 e. The number of ether oxygens (including phenoxy) is 2. The third-order valence-electron chi connectivity index (χ3n) is 5.07. The van der Waals surface area contributed by atoms with E-state index in [-0.39, 0.29) is 6.42 Å². The molecule has 0 spiro atoms. The Morgan fingerprint density at radius 2 is 1.85 bits per heavy atom. The summed E-state index contributed by atoms with van der Waals surface area (Å²) in [4.78, 5) is 11.0. The van der Waals surface area contributed by atoms with Gasteiger partial charge in [-0.2, -0.15) is 0 Å². The van der Waals surface area contributed by atoms with Crippen molar-refractivity contribution in [3.63, 3.8) is 0 Å². The second kappa shape index (κ2) is 8.75. The summed E-state index contributed by atoms with van der Waals surface area (Å²) in [5.41, 5.74) is 3.29. The van der Waals surface area contributed by atoms with E-state index >= 15 is 0 Å². The molecule has 1 saturated carbocycles. The molecule has 0 unspecified atom stereocenters. The molecule has 138 valence electrons. The van der Waals surface area contributed by atoms with Crippen molar-refractivity contribution >= 4 is 5.97 Å². The first-order valence-corrected chi connectivity index (χ1v) is 9.26. The van der Waals surface area contributed by atoms with Crippen LogP contribution in [0.1, 0.15) is 54.7 Å². The van der Waals surface area contributed by atoms with Crippen molar-refractivity contribution in [2.45, 2.75) is 51.0 Å². The van der Waals surface area contributed by atoms with Crippen LogP contribution in [0.25, 0.3) is 0 Å². The van der Waals surface area contributed by atoms with Gasteiger partial charge in [-0.05, 0) is 54.0 Å². The Kier molecular flexibility index (Phi) is 6.16. The van der Waals surface area contributed by atoms with E-state index < -0.39 is 5.97 Å². The highest BCUT2D eigenvalue weighted by Crippen LogP contribution is 2.40. The number of aryl methyl sites for hydroxylation is 1. The van der Waals surface area contributed by atoms with E-state index in [4.69, 9.17) is 14.6 Å². The fraction of sp³-hybridized carbons (Fsp3) is 0.409. The van der Waals surface area contributed by atoms with Crippen molar-refractivity contribution in [2.24, 2.45) is 0 Å². The monoisotopic (exact) mass is 354 g/mol. The Hall–Kier alpha value is -2.49. The zero-order valence-electron chi connectivity index (χ0n) is 15.2. The number of carboxylic acid groups (broad SMARTS) is 1. The van der Waals surface area contributed by atoms with Crippen LogP contribution in [0.15, 0.2) is 42.5 Å². The lowest BCUT2D eigenvalue weighted by molar-refractivity contribution is -0.136. The van der Waals surface area contributed by atoms with Gasteiger partial charge in [0.2, 0.25) is 0 Å². The number of hydrogen-bond acceptors (Lipinski definition) is 3. The number of benzene rings is 2. The number of rotatable bonds is 8. The highest BCUT2D eigenvalue weighted by atomic mass is 16.5. The van der Waals surface area contributed by atoms with Crippen molar-refractivity contribution in [2.75, 3.05) is 7.11 Å². The Balaban J connectivity index is 1.81. The highest BCUT2D eigenvalue weighted by Gasteiger charge is 2.22. The molecule has 0 atom stereocenters. The largest absolute Gasteiger partial charge is 0.497 e. The lowest BCUT2D eigenvalue weighted by Crippen LogP contribution is -2.06. The lowest BCUT2D eigenvalue weighted by atomic mass is 9.93. The molecule has 1 N–H and O–H groups in total. The summed E-state index contributed by atoms with van der Waals surface area (Å²) in [5.74, 6) is 1.45. The first-order chi connectivity index (χ1) is 12.7. The number of carboxylic acids is 1. The summed E-state index contributed by atoms with van der Waals surface area (Å²) < 4.78 is 11.4. The minimum atomic E-state index is -0.780. The SMILES string of the molecule is COc1ccc(COc2c(CCC(=O)O)cccc2C2CCCC2)cc1. The predicted molar refractivity (Wildman–Crippen MR) is 101 cm³/mol. The summed E-state index contributed by atoms with van der Waals surface area (Å²) >= 11 is 0. The Morgan fingerprint density at radius 1 is 1.12 bits per heavy atom. The summed E-state index contributed by atoms with van der Waals surface area (Å²) in [6.45, 7) is 0.466. The third-order valence-corrected chi connectivity index (χ3v) is 5.07. The van der Waals surface area contributed by atoms with Gasteiger partial charge < -0.3 is 14.6 Å². The lowest BCUT2D eigenvalue weighted by Gasteiger charge is -2.19. The van der Waals surface area contributed by atoms with Crippen molar-refractivity contribution in [3.05, 3.63) is 59.2 Å². The van der Waals surface area contributed by atoms with E-state index in [1.54, 1.807) is 7.11 Å². The zero-order valence-corrected chi connectivity index (χ0v) is 15.2. The van der Waals surface area contributed by atoms with Crippen molar-refractivity contribution in [1.82, 2.24) is 0 Å². The van der Waals surface area contributed by atoms with Gasteiger partial charge in [0.25, 0.3) is 0 Å². The highest BCUT2D eigenvalue weighted by molar-refractivity contribution is 5.67. The molecule has 0 aromatic heterocycles. The molecule has 3 rings (SSSR count). The molecule has 1 fully saturated rings. The van der Waals surface area contributed by atoms with Gasteiger partial charge in [-0.15, -0.1) is 0 Å². The van der Waals surface area contributed by atoms with Crippen LogP contribution in [-0.4, -0.2) is 18.2 Å². The average Bonchev–Trinajstić information content (AvgIpc) is 3.19. The Bertz CT molecular complexity index is 730. The van der Waals surface area contributed by atoms with Crippen LogP contribution in [-0.2, 0) is 17.8 Å². The van der Waals surface area contributed by atoms with Gasteiger partial charge in [0, 0.05) is 6.42 Å². The predicted octanol–water partition coefficient (Wildman–Crippen LogP) is 4.95. The van der Waals surface area contributed by atoms with Gasteiger partial charge in [0.05, 0.1) is 7.11 Å². The minimum absolute atomic E-state index is 0.118. The summed E-state index contributed by atoms with van der Waals surface area (Å²) in [6.07, 6.45) is 5.48. The van der Waals surface area contributed by atoms with E-state index in [1.165, 1.54) is 31.2 Å². The maximum Gasteiger partial charge on any atom is 0.303 e. The second-order valence-electron chi connectivity index (χ2n) is 6.85. The molecule has 1 aliphatic carbocycles. The van der Waals surface area contributed by atoms with Gasteiger partial charge in [-0.3, -0.25) is 4.79 Å². The van der Waals surface area contributed by atoms with E-state index in [2.05, 4.69) is 6.07 Å². The Morgan fingerprint density at radius 3 is 2.50 bits per heavy atom. The molecule has 1 aliphatic rings. The quantitative estimate of drug-likeness (QED) is 0.729. The van der Waals surface area contributed by atoms with Crippen LogP contribution in [0.5, 0.6) is 11.5 Å².